The Labute approximate surface area is 184 Å². The van der Waals surface area contributed by atoms with Crippen LogP contribution in [0, 0.1) is 13.8 Å². The number of aromatic nitrogens is 4. The summed E-state index contributed by atoms with van der Waals surface area (Å²) in [6, 6.07) is 15.3. The fourth-order valence-corrected chi connectivity index (χ4v) is 4.37. The number of nitrogens with one attached hydrogen (secondary N) is 1. The molecule has 0 aliphatic carbocycles. The first-order valence-corrected chi connectivity index (χ1v) is 10.8. The molecule has 7 nitrogen and oxygen atoms in total. The molecule has 4 rings (SSSR count). The minimum atomic E-state index is -0.203. The minimum absolute atomic E-state index is 0.0399. The number of para-hydroxylation sites is 1. The number of fused-ring (bicyclic) bond motifs is 1. The van der Waals surface area contributed by atoms with Crippen LogP contribution in [0.3, 0.4) is 0 Å². The smallest absolute Gasteiger partial charge is 0.262 e. The number of aryl methyl sites for hydroxylation is 2. The second kappa shape index (κ2) is 9.18. The van der Waals surface area contributed by atoms with Crippen LogP contribution in [0.5, 0.6) is 5.75 Å². The topological polar surface area (TPSA) is 81.4 Å². The second-order valence-corrected chi connectivity index (χ2v) is 8.10. The standard InChI is InChI=1S/C23H23N5O2S/c1-4-19-16(3)26-23-24-14-25-28(23)22(19)31-18-11-9-17(10-12-18)27-21(29)13-30-20-8-6-5-7-15(20)2/h5-12,14H,4,13H2,1-3H3,(H,27,29). The fourth-order valence-electron chi connectivity index (χ4n) is 3.24. The molecule has 0 unspecified atom stereocenters. The van der Waals surface area contributed by atoms with Crippen molar-refractivity contribution in [1.29, 1.82) is 0 Å². The van der Waals surface area contributed by atoms with E-state index in [0.717, 1.165) is 38.9 Å². The lowest BCUT2D eigenvalue weighted by Gasteiger charge is -2.12. The highest BCUT2D eigenvalue weighted by Gasteiger charge is 2.14. The molecule has 0 spiro atoms. The van der Waals surface area contributed by atoms with Crippen LogP contribution in [0.25, 0.3) is 5.78 Å². The van der Waals surface area contributed by atoms with E-state index in [1.54, 1.807) is 16.3 Å². The Kier molecular flexibility index (Phi) is 6.18. The summed E-state index contributed by atoms with van der Waals surface area (Å²) in [7, 11) is 0. The molecule has 8 heteroatoms. The van der Waals surface area contributed by atoms with E-state index in [1.165, 1.54) is 6.33 Å². The third kappa shape index (κ3) is 4.69. The normalized spacial score (nSPS) is 10.9. The third-order valence-electron chi connectivity index (χ3n) is 4.84. The number of rotatable bonds is 7. The van der Waals surface area contributed by atoms with E-state index < -0.39 is 0 Å². The number of hydrogen-bond donors (Lipinski definition) is 1. The van der Waals surface area contributed by atoms with Crippen LogP contribution in [-0.2, 0) is 11.2 Å². The van der Waals surface area contributed by atoms with E-state index in [-0.39, 0.29) is 12.5 Å². The first-order valence-electron chi connectivity index (χ1n) is 10.0. The predicted octanol–water partition coefficient (Wildman–Crippen LogP) is 4.47. The molecule has 0 aliphatic heterocycles. The van der Waals surface area contributed by atoms with Crippen LogP contribution < -0.4 is 10.1 Å². The maximum absolute atomic E-state index is 12.2. The van der Waals surface area contributed by atoms with Crippen molar-refractivity contribution in [3.05, 3.63) is 71.7 Å². The number of ether oxygens (including phenoxy) is 1. The van der Waals surface area contributed by atoms with Crippen LogP contribution in [0.4, 0.5) is 5.69 Å². The van der Waals surface area contributed by atoms with Gasteiger partial charge in [-0.15, -0.1) is 0 Å². The van der Waals surface area contributed by atoms with Gasteiger partial charge >= 0.3 is 0 Å². The van der Waals surface area contributed by atoms with Gasteiger partial charge in [-0.05, 0) is 56.2 Å². The number of anilines is 1. The minimum Gasteiger partial charge on any atom is -0.483 e. The highest BCUT2D eigenvalue weighted by Crippen LogP contribution is 2.32. The summed E-state index contributed by atoms with van der Waals surface area (Å²) in [5.74, 6) is 1.10. The molecular formula is C23H23N5O2S. The highest BCUT2D eigenvalue weighted by atomic mass is 32.2. The Hall–Kier alpha value is -3.39. The van der Waals surface area contributed by atoms with Crippen molar-refractivity contribution in [1.82, 2.24) is 19.6 Å². The molecule has 0 saturated heterocycles. The van der Waals surface area contributed by atoms with Gasteiger partial charge in [-0.2, -0.15) is 14.6 Å². The van der Waals surface area contributed by atoms with Crippen LogP contribution in [0.1, 0.15) is 23.7 Å². The van der Waals surface area contributed by atoms with E-state index in [9.17, 15) is 4.79 Å². The Morgan fingerprint density at radius 1 is 1.13 bits per heavy atom. The molecule has 0 saturated carbocycles. The van der Waals surface area contributed by atoms with Crippen LogP contribution in [-0.4, -0.2) is 32.1 Å². The van der Waals surface area contributed by atoms with Crippen molar-refractivity contribution >= 4 is 29.1 Å². The predicted molar refractivity (Wildman–Crippen MR) is 121 cm³/mol. The largest absolute Gasteiger partial charge is 0.483 e. The monoisotopic (exact) mass is 433 g/mol. The zero-order valence-electron chi connectivity index (χ0n) is 17.6. The van der Waals surface area contributed by atoms with Crippen LogP contribution >= 0.6 is 11.8 Å². The number of benzene rings is 2. The van der Waals surface area contributed by atoms with Gasteiger partial charge in [-0.3, -0.25) is 4.79 Å². The van der Waals surface area contributed by atoms with Gasteiger partial charge in [0, 0.05) is 21.8 Å². The SMILES string of the molecule is CCc1c(C)nc2ncnn2c1Sc1ccc(NC(=O)COc2ccccc2C)cc1. The van der Waals surface area contributed by atoms with Gasteiger partial charge in [0.15, 0.2) is 6.61 Å². The van der Waals surface area contributed by atoms with Gasteiger partial charge in [0.2, 0.25) is 0 Å². The van der Waals surface area contributed by atoms with Gasteiger partial charge in [0.05, 0.1) is 0 Å². The van der Waals surface area contributed by atoms with Crippen LogP contribution in [0.2, 0.25) is 0 Å². The summed E-state index contributed by atoms with van der Waals surface area (Å²) >= 11 is 1.61. The van der Waals surface area contributed by atoms with Gasteiger partial charge < -0.3 is 10.1 Å². The molecule has 1 amide bonds. The maximum Gasteiger partial charge on any atom is 0.262 e. The Morgan fingerprint density at radius 3 is 2.65 bits per heavy atom. The van der Waals surface area contributed by atoms with Crippen molar-refractivity contribution in [2.75, 3.05) is 11.9 Å². The molecule has 2 heterocycles. The molecule has 0 bridgehead atoms. The summed E-state index contributed by atoms with van der Waals surface area (Å²) in [5, 5.41) is 8.20. The summed E-state index contributed by atoms with van der Waals surface area (Å²) < 4.78 is 7.38. The average Bonchev–Trinajstić information content (AvgIpc) is 3.23. The zero-order chi connectivity index (χ0) is 21.8. The lowest BCUT2D eigenvalue weighted by Crippen LogP contribution is -2.20. The molecular weight excluding hydrogens is 410 g/mol. The van der Waals surface area contributed by atoms with Gasteiger partial charge in [-0.25, -0.2) is 4.98 Å². The number of nitrogens with zero attached hydrogens (tertiary/aromatic N) is 4. The summed E-state index contributed by atoms with van der Waals surface area (Å²) in [5.41, 5.74) is 3.82. The van der Waals surface area contributed by atoms with Gasteiger partial charge in [-0.1, -0.05) is 36.9 Å². The first-order chi connectivity index (χ1) is 15.0. The number of carbonyl (C=O) groups is 1. The van der Waals surface area contributed by atoms with E-state index in [0.29, 0.717) is 11.5 Å². The average molecular weight is 434 g/mol. The molecule has 158 valence electrons. The highest BCUT2D eigenvalue weighted by molar-refractivity contribution is 7.99. The first kappa shape index (κ1) is 20.9. The van der Waals surface area contributed by atoms with E-state index in [2.05, 4.69) is 27.3 Å². The Balaban J connectivity index is 1.43. The summed E-state index contributed by atoms with van der Waals surface area (Å²) in [4.78, 5) is 22.0. The van der Waals surface area contributed by atoms with E-state index in [4.69, 9.17) is 4.74 Å². The summed E-state index contributed by atoms with van der Waals surface area (Å²) in [6.07, 6.45) is 2.37. The van der Waals surface area contributed by atoms with Gasteiger partial charge in [0.25, 0.3) is 11.7 Å². The second-order valence-electron chi connectivity index (χ2n) is 7.04. The molecule has 0 aliphatic rings. The maximum atomic E-state index is 12.2. The number of carbonyl (C=O) groups excluding carboxylic acids is 1. The van der Waals surface area contributed by atoms with Crippen LogP contribution in [0.15, 0.2) is 64.8 Å². The molecule has 1 N–H and O–H groups in total. The quantitative estimate of drug-likeness (QED) is 0.433. The lowest BCUT2D eigenvalue weighted by molar-refractivity contribution is -0.118. The van der Waals surface area contributed by atoms with E-state index >= 15 is 0 Å². The van der Waals surface area contributed by atoms with Crippen molar-refractivity contribution in [2.24, 2.45) is 0 Å². The zero-order valence-corrected chi connectivity index (χ0v) is 18.4. The van der Waals surface area contributed by atoms with Crippen molar-refractivity contribution in [3.63, 3.8) is 0 Å². The van der Waals surface area contributed by atoms with Gasteiger partial charge in [0.1, 0.15) is 17.1 Å². The Bertz CT molecular complexity index is 1220. The Morgan fingerprint density at radius 2 is 1.90 bits per heavy atom. The summed E-state index contributed by atoms with van der Waals surface area (Å²) in [6.45, 7) is 6.01. The number of hydrogen-bond acceptors (Lipinski definition) is 6. The van der Waals surface area contributed by atoms with Crippen molar-refractivity contribution in [2.45, 2.75) is 37.1 Å². The number of amides is 1. The van der Waals surface area contributed by atoms with Crippen molar-refractivity contribution in [3.8, 4) is 5.75 Å². The fraction of sp³-hybridized carbons (Fsp3) is 0.217. The molecule has 0 radical (unpaired) electrons. The molecule has 2 aromatic heterocycles. The molecule has 0 fully saturated rings. The third-order valence-corrected chi connectivity index (χ3v) is 5.96. The van der Waals surface area contributed by atoms with E-state index in [1.807, 2.05) is 62.4 Å². The van der Waals surface area contributed by atoms with Crippen molar-refractivity contribution < 1.29 is 9.53 Å². The molecule has 4 aromatic rings. The lowest BCUT2D eigenvalue weighted by atomic mass is 10.2. The molecule has 2 aromatic carbocycles. The molecule has 0 atom stereocenters. The molecule has 31 heavy (non-hydrogen) atoms.